The molecule has 0 radical (unpaired) electrons. The maximum atomic E-state index is 12.0. The van der Waals surface area contributed by atoms with Crippen LogP contribution in [0.15, 0.2) is 48.5 Å². The number of ketones is 1. The summed E-state index contributed by atoms with van der Waals surface area (Å²) in [5, 5.41) is 10.7. The van der Waals surface area contributed by atoms with Crippen LogP contribution in [0.25, 0.3) is 0 Å². The molecule has 1 atom stereocenters. The summed E-state index contributed by atoms with van der Waals surface area (Å²) in [5.74, 6) is -0.310. The van der Waals surface area contributed by atoms with Gasteiger partial charge in [0.05, 0.1) is 10.0 Å². The third-order valence-corrected chi connectivity index (χ3v) is 3.67. The Morgan fingerprint density at radius 1 is 1.05 bits per heavy atom. The van der Waals surface area contributed by atoms with Crippen LogP contribution in [-0.2, 0) is 11.2 Å². The van der Waals surface area contributed by atoms with E-state index in [-0.39, 0.29) is 12.2 Å². The van der Waals surface area contributed by atoms with E-state index in [4.69, 9.17) is 23.2 Å². The first kappa shape index (κ1) is 14.1. The lowest BCUT2D eigenvalue weighted by atomic mass is 10.00. The van der Waals surface area contributed by atoms with Crippen LogP contribution in [0.4, 0.5) is 0 Å². The molecule has 0 saturated carbocycles. The largest absolute Gasteiger partial charge is 0.381 e. The number of aliphatic hydroxyl groups excluding tert-OH is 1. The molecule has 2 rings (SSSR count). The second kappa shape index (κ2) is 6.20. The fourth-order valence-corrected chi connectivity index (χ4v) is 2.18. The number of aliphatic hydroxyl groups is 1. The van der Waals surface area contributed by atoms with Crippen molar-refractivity contribution in [3.05, 3.63) is 69.7 Å². The van der Waals surface area contributed by atoms with E-state index in [9.17, 15) is 9.90 Å². The summed E-state index contributed by atoms with van der Waals surface area (Å²) in [6.07, 6.45) is -1.09. The molecule has 1 N–H and O–H groups in total. The van der Waals surface area contributed by atoms with Gasteiger partial charge >= 0.3 is 0 Å². The molecule has 0 bridgehead atoms. The van der Waals surface area contributed by atoms with E-state index in [0.717, 1.165) is 0 Å². The quantitative estimate of drug-likeness (QED) is 0.930. The Morgan fingerprint density at radius 3 is 2.42 bits per heavy atom. The lowest BCUT2D eigenvalue weighted by molar-refractivity contribution is -0.126. The van der Waals surface area contributed by atoms with Crippen molar-refractivity contribution in [2.45, 2.75) is 12.5 Å². The number of Topliss-reactive ketones (excluding diaryl/α,β-unsaturated/α-hetero) is 1. The lowest BCUT2D eigenvalue weighted by Crippen LogP contribution is -2.14. The minimum absolute atomic E-state index is 0.0510. The van der Waals surface area contributed by atoms with Crippen LogP contribution in [0.1, 0.15) is 17.2 Å². The molecule has 0 spiro atoms. The third-order valence-electron chi connectivity index (χ3n) is 2.82. The maximum Gasteiger partial charge on any atom is 0.170 e. The third kappa shape index (κ3) is 3.35. The zero-order chi connectivity index (χ0) is 13.8. The first-order valence-corrected chi connectivity index (χ1v) is 6.54. The zero-order valence-electron chi connectivity index (χ0n) is 10.0. The van der Waals surface area contributed by atoms with Crippen molar-refractivity contribution in [1.29, 1.82) is 0 Å². The van der Waals surface area contributed by atoms with E-state index in [0.29, 0.717) is 21.2 Å². The summed E-state index contributed by atoms with van der Waals surface area (Å²) >= 11 is 11.9. The Morgan fingerprint density at radius 2 is 1.74 bits per heavy atom. The molecule has 2 aromatic carbocycles. The van der Waals surface area contributed by atoms with Gasteiger partial charge in [0.15, 0.2) is 5.78 Å². The molecule has 0 aliphatic heterocycles. The Hall–Kier alpha value is -1.35. The van der Waals surface area contributed by atoms with Gasteiger partial charge in [-0.25, -0.2) is 0 Å². The van der Waals surface area contributed by atoms with E-state index < -0.39 is 6.10 Å². The van der Waals surface area contributed by atoms with Gasteiger partial charge in [-0.2, -0.15) is 0 Å². The summed E-state index contributed by atoms with van der Waals surface area (Å²) in [4.78, 5) is 12.0. The maximum absolute atomic E-state index is 12.0. The number of halogens is 2. The smallest absolute Gasteiger partial charge is 0.170 e. The number of rotatable bonds is 4. The van der Waals surface area contributed by atoms with Crippen LogP contribution >= 0.6 is 23.2 Å². The minimum atomic E-state index is -1.14. The molecule has 0 aromatic heterocycles. The first-order valence-electron chi connectivity index (χ1n) is 5.78. The van der Waals surface area contributed by atoms with Gasteiger partial charge in [0, 0.05) is 6.42 Å². The van der Waals surface area contributed by atoms with E-state index in [1.54, 1.807) is 42.5 Å². The summed E-state index contributed by atoms with van der Waals surface area (Å²) in [7, 11) is 0. The lowest BCUT2D eigenvalue weighted by Gasteiger charge is -2.11. The molecule has 2 nitrogen and oxygen atoms in total. The average molecular weight is 295 g/mol. The molecule has 2 aromatic rings. The second-order valence-corrected chi connectivity index (χ2v) is 4.95. The number of hydrogen-bond acceptors (Lipinski definition) is 2. The van der Waals surface area contributed by atoms with Crippen LogP contribution in [-0.4, -0.2) is 10.9 Å². The molecule has 0 amide bonds. The highest BCUT2D eigenvalue weighted by Crippen LogP contribution is 2.27. The van der Waals surface area contributed by atoms with E-state index in [1.807, 2.05) is 6.07 Å². The summed E-state index contributed by atoms with van der Waals surface area (Å²) in [6, 6.07) is 13.9. The van der Waals surface area contributed by atoms with Gasteiger partial charge in [-0.05, 0) is 17.2 Å². The standard InChI is InChI=1S/C15H12Cl2O2/c16-12-8-4-7-11(14(12)17)9-13(18)15(19)10-5-2-1-3-6-10/h1-8,15,19H,9H2. The SMILES string of the molecule is O=C(Cc1cccc(Cl)c1Cl)C(O)c1ccccc1. The van der Waals surface area contributed by atoms with Gasteiger partial charge in [-0.15, -0.1) is 0 Å². The summed E-state index contributed by atoms with van der Waals surface area (Å²) < 4.78 is 0. The van der Waals surface area contributed by atoms with Crippen LogP contribution in [0.2, 0.25) is 10.0 Å². The molecule has 19 heavy (non-hydrogen) atoms. The summed E-state index contributed by atoms with van der Waals surface area (Å²) in [5.41, 5.74) is 1.19. The number of benzene rings is 2. The molecule has 1 unspecified atom stereocenters. The van der Waals surface area contributed by atoms with Crippen molar-refractivity contribution in [1.82, 2.24) is 0 Å². The van der Waals surface area contributed by atoms with Crippen molar-refractivity contribution >= 4 is 29.0 Å². The molecule has 0 fully saturated rings. The molecule has 4 heteroatoms. The van der Waals surface area contributed by atoms with Crippen LogP contribution < -0.4 is 0 Å². The highest BCUT2D eigenvalue weighted by Gasteiger charge is 2.18. The highest BCUT2D eigenvalue weighted by atomic mass is 35.5. The molecule has 0 aliphatic rings. The van der Waals surface area contributed by atoms with Crippen LogP contribution in [0, 0.1) is 0 Å². The normalized spacial score (nSPS) is 12.2. The van der Waals surface area contributed by atoms with Crippen molar-refractivity contribution in [3.63, 3.8) is 0 Å². The Bertz CT molecular complexity index is 582. The monoisotopic (exact) mass is 294 g/mol. The Kier molecular flexibility index (Phi) is 4.59. The number of hydrogen-bond donors (Lipinski definition) is 1. The highest BCUT2D eigenvalue weighted by molar-refractivity contribution is 6.42. The molecule has 0 aliphatic carbocycles. The second-order valence-electron chi connectivity index (χ2n) is 4.17. The van der Waals surface area contributed by atoms with Crippen molar-refractivity contribution in [3.8, 4) is 0 Å². The Balaban J connectivity index is 2.15. The van der Waals surface area contributed by atoms with E-state index >= 15 is 0 Å². The molecule has 98 valence electrons. The van der Waals surface area contributed by atoms with Crippen molar-refractivity contribution in [2.24, 2.45) is 0 Å². The van der Waals surface area contributed by atoms with Gasteiger partial charge in [0.2, 0.25) is 0 Å². The first-order chi connectivity index (χ1) is 9.09. The van der Waals surface area contributed by atoms with Crippen molar-refractivity contribution in [2.75, 3.05) is 0 Å². The molecule has 0 saturated heterocycles. The number of carbonyl (C=O) groups is 1. The molecule has 0 heterocycles. The topological polar surface area (TPSA) is 37.3 Å². The van der Waals surface area contributed by atoms with Gasteiger partial charge in [0.1, 0.15) is 6.10 Å². The van der Waals surface area contributed by atoms with Gasteiger partial charge in [-0.1, -0.05) is 65.7 Å². The summed E-state index contributed by atoms with van der Waals surface area (Å²) in [6.45, 7) is 0. The molecular formula is C15H12Cl2O2. The predicted molar refractivity (Wildman–Crippen MR) is 76.6 cm³/mol. The van der Waals surface area contributed by atoms with Crippen molar-refractivity contribution < 1.29 is 9.90 Å². The minimum Gasteiger partial charge on any atom is -0.381 e. The molecular weight excluding hydrogens is 283 g/mol. The fraction of sp³-hybridized carbons (Fsp3) is 0.133. The fourth-order valence-electron chi connectivity index (χ4n) is 1.79. The van der Waals surface area contributed by atoms with Gasteiger partial charge in [0.25, 0.3) is 0 Å². The van der Waals surface area contributed by atoms with Crippen LogP contribution in [0.3, 0.4) is 0 Å². The predicted octanol–water partition coefficient (Wildman–Crippen LogP) is 3.84. The van der Waals surface area contributed by atoms with E-state index in [1.165, 1.54) is 0 Å². The van der Waals surface area contributed by atoms with Crippen LogP contribution in [0.5, 0.6) is 0 Å². The average Bonchev–Trinajstić information content (AvgIpc) is 2.44. The van der Waals surface area contributed by atoms with E-state index in [2.05, 4.69) is 0 Å². The Labute approximate surface area is 121 Å². The van der Waals surface area contributed by atoms with Gasteiger partial charge in [-0.3, -0.25) is 4.79 Å². The van der Waals surface area contributed by atoms with Gasteiger partial charge < -0.3 is 5.11 Å². The zero-order valence-corrected chi connectivity index (χ0v) is 11.5. The number of carbonyl (C=O) groups excluding carboxylic acids is 1.